The van der Waals surface area contributed by atoms with E-state index in [9.17, 15) is 0 Å². The summed E-state index contributed by atoms with van der Waals surface area (Å²) in [6, 6.07) is 0. The van der Waals surface area contributed by atoms with Gasteiger partial charge in [-0.1, -0.05) is 6.92 Å². The van der Waals surface area contributed by atoms with Crippen LogP contribution in [-0.2, 0) is 9.47 Å². The molecule has 1 N–H and O–H groups in total. The molecule has 0 bridgehead atoms. The van der Waals surface area contributed by atoms with Crippen LogP contribution in [0, 0.1) is 5.92 Å². The molecule has 0 radical (unpaired) electrons. The first-order valence-corrected chi connectivity index (χ1v) is 5.66. The Kier molecular flexibility index (Phi) is 7.14. The van der Waals surface area contributed by atoms with Crippen LogP contribution in [0.4, 0.5) is 0 Å². The second kappa shape index (κ2) is 7.20. The highest BCUT2D eigenvalue weighted by Gasteiger charge is 2.29. The Morgan fingerprint density at radius 2 is 1.73 bits per heavy atom. The van der Waals surface area contributed by atoms with Crippen molar-refractivity contribution in [3.05, 3.63) is 0 Å². The van der Waals surface area contributed by atoms with Crippen molar-refractivity contribution in [2.45, 2.75) is 51.7 Å². The molecule has 2 atom stereocenters. The number of rotatable bonds is 8. The molecule has 0 fully saturated rings. The van der Waals surface area contributed by atoms with Gasteiger partial charge in [-0.2, -0.15) is 0 Å². The normalized spacial score (nSPS) is 16.4. The van der Waals surface area contributed by atoms with E-state index in [4.69, 9.17) is 14.6 Å². The molecule has 0 rings (SSSR count). The molecule has 2 unspecified atom stereocenters. The first-order chi connectivity index (χ1) is 6.97. The molecule has 0 aromatic carbocycles. The minimum atomic E-state index is -0.242. The van der Waals surface area contributed by atoms with Gasteiger partial charge in [-0.25, -0.2) is 0 Å². The van der Waals surface area contributed by atoms with E-state index in [0.717, 1.165) is 19.3 Å². The Balaban J connectivity index is 4.00. The van der Waals surface area contributed by atoms with Crippen molar-refractivity contribution in [3.63, 3.8) is 0 Å². The van der Waals surface area contributed by atoms with Gasteiger partial charge in [0.1, 0.15) is 0 Å². The number of hydrogen-bond donors (Lipinski definition) is 1. The molecule has 0 heterocycles. The van der Waals surface area contributed by atoms with Gasteiger partial charge in [0.2, 0.25) is 0 Å². The Morgan fingerprint density at radius 3 is 2.13 bits per heavy atom. The number of methoxy groups -OCH3 is 2. The standard InChI is InChI=1S/C12H26O3/c1-10(8-9-13)6-7-11(14-4)12(2,3)15-5/h10-11,13H,6-9H2,1-5H3. The lowest BCUT2D eigenvalue weighted by Gasteiger charge is -2.32. The lowest BCUT2D eigenvalue weighted by Crippen LogP contribution is -2.39. The third-order valence-corrected chi connectivity index (χ3v) is 3.13. The van der Waals surface area contributed by atoms with E-state index in [2.05, 4.69) is 6.92 Å². The monoisotopic (exact) mass is 218 g/mol. The molecule has 0 saturated heterocycles. The predicted molar refractivity (Wildman–Crippen MR) is 62.0 cm³/mol. The summed E-state index contributed by atoms with van der Waals surface area (Å²) in [5.41, 5.74) is -0.242. The van der Waals surface area contributed by atoms with Crippen LogP contribution in [0.15, 0.2) is 0 Å². The highest BCUT2D eigenvalue weighted by atomic mass is 16.5. The van der Waals surface area contributed by atoms with Crippen LogP contribution in [0.2, 0.25) is 0 Å². The first-order valence-electron chi connectivity index (χ1n) is 5.66. The van der Waals surface area contributed by atoms with Crippen LogP contribution < -0.4 is 0 Å². The predicted octanol–water partition coefficient (Wildman–Crippen LogP) is 2.23. The molecule has 92 valence electrons. The molecule has 3 heteroatoms. The molecule has 0 aliphatic heterocycles. The van der Waals surface area contributed by atoms with E-state index >= 15 is 0 Å². The van der Waals surface area contributed by atoms with Gasteiger partial charge in [-0.3, -0.25) is 0 Å². The van der Waals surface area contributed by atoms with Gasteiger partial charge in [0, 0.05) is 20.8 Å². The third-order valence-electron chi connectivity index (χ3n) is 3.13. The van der Waals surface area contributed by atoms with E-state index in [1.807, 2.05) is 13.8 Å². The Morgan fingerprint density at radius 1 is 1.13 bits per heavy atom. The van der Waals surface area contributed by atoms with E-state index in [1.54, 1.807) is 14.2 Å². The smallest absolute Gasteiger partial charge is 0.0883 e. The number of hydrogen-bond acceptors (Lipinski definition) is 3. The lowest BCUT2D eigenvalue weighted by atomic mass is 9.92. The average Bonchev–Trinajstić information content (AvgIpc) is 2.19. The quantitative estimate of drug-likeness (QED) is 0.679. The summed E-state index contributed by atoms with van der Waals surface area (Å²) < 4.78 is 10.9. The fourth-order valence-electron chi connectivity index (χ4n) is 1.68. The van der Waals surface area contributed by atoms with Crippen molar-refractivity contribution >= 4 is 0 Å². The lowest BCUT2D eigenvalue weighted by molar-refractivity contribution is -0.0989. The molecule has 0 aromatic heterocycles. The molecule has 0 aliphatic rings. The average molecular weight is 218 g/mol. The molecule has 0 aliphatic carbocycles. The van der Waals surface area contributed by atoms with Crippen molar-refractivity contribution in [2.24, 2.45) is 5.92 Å². The summed E-state index contributed by atoms with van der Waals surface area (Å²) >= 11 is 0. The van der Waals surface area contributed by atoms with Crippen LogP contribution >= 0.6 is 0 Å². The highest BCUT2D eigenvalue weighted by Crippen LogP contribution is 2.23. The van der Waals surface area contributed by atoms with Gasteiger partial charge in [-0.15, -0.1) is 0 Å². The van der Waals surface area contributed by atoms with Crippen LogP contribution in [0.3, 0.4) is 0 Å². The summed E-state index contributed by atoms with van der Waals surface area (Å²) in [6.07, 6.45) is 3.01. The van der Waals surface area contributed by atoms with Gasteiger partial charge in [0.25, 0.3) is 0 Å². The maximum absolute atomic E-state index is 8.81. The van der Waals surface area contributed by atoms with Gasteiger partial charge in [0.15, 0.2) is 0 Å². The van der Waals surface area contributed by atoms with Crippen molar-refractivity contribution in [1.82, 2.24) is 0 Å². The molecule has 0 saturated carbocycles. The van der Waals surface area contributed by atoms with Crippen molar-refractivity contribution in [1.29, 1.82) is 0 Å². The molecule has 0 spiro atoms. The number of aliphatic hydroxyl groups excluding tert-OH is 1. The molecule has 0 amide bonds. The zero-order valence-electron chi connectivity index (χ0n) is 10.7. The van der Waals surface area contributed by atoms with E-state index in [-0.39, 0.29) is 18.3 Å². The third kappa shape index (κ3) is 5.50. The van der Waals surface area contributed by atoms with Crippen molar-refractivity contribution in [2.75, 3.05) is 20.8 Å². The molecule has 3 nitrogen and oxygen atoms in total. The Bertz CT molecular complexity index is 157. The van der Waals surface area contributed by atoms with Gasteiger partial charge < -0.3 is 14.6 Å². The number of aliphatic hydroxyl groups is 1. The van der Waals surface area contributed by atoms with Crippen LogP contribution in [0.5, 0.6) is 0 Å². The number of ether oxygens (including phenoxy) is 2. The fourth-order valence-corrected chi connectivity index (χ4v) is 1.68. The minimum absolute atomic E-state index is 0.114. The minimum Gasteiger partial charge on any atom is -0.396 e. The van der Waals surface area contributed by atoms with E-state index < -0.39 is 0 Å². The van der Waals surface area contributed by atoms with Crippen LogP contribution in [-0.4, -0.2) is 37.6 Å². The molecule has 0 aromatic rings. The Hall–Kier alpha value is -0.120. The molecule has 15 heavy (non-hydrogen) atoms. The van der Waals surface area contributed by atoms with E-state index in [0.29, 0.717) is 5.92 Å². The first kappa shape index (κ1) is 14.9. The Labute approximate surface area is 93.8 Å². The van der Waals surface area contributed by atoms with Crippen molar-refractivity contribution in [3.8, 4) is 0 Å². The summed E-state index contributed by atoms with van der Waals surface area (Å²) in [5.74, 6) is 0.542. The zero-order valence-corrected chi connectivity index (χ0v) is 10.7. The summed E-state index contributed by atoms with van der Waals surface area (Å²) in [5, 5.41) is 8.81. The maximum Gasteiger partial charge on any atom is 0.0883 e. The summed E-state index contributed by atoms with van der Waals surface area (Å²) in [7, 11) is 3.44. The SMILES string of the molecule is COC(CCC(C)CCO)C(C)(C)OC. The van der Waals surface area contributed by atoms with Crippen molar-refractivity contribution < 1.29 is 14.6 Å². The van der Waals surface area contributed by atoms with E-state index in [1.165, 1.54) is 0 Å². The fraction of sp³-hybridized carbons (Fsp3) is 1.00. The van der Waals surface area contributed by atoms with Crippen LogP contribution in [0.1, 0.15) is 40.0 Å². The second-order valence-electron chi connectivity index (χ2n) is 4.73. The van der Waals surface area contributed by atoms with Gasteiger partial charge >= 0.3 is 0 Å². The highest BCUT2D eigenvalue weighted by molar-refractivity contribution is 4.80. The summed E-state index contributed by atoms with van der Waals surface area (Å²) in [6.45, 7) is 6.50. The van der Waals surface area contributed by atoms with Gasteiger partial charge in [0.05, 0.1) is 11.7 Å². The van der Waals surface area contributed by atoms with Gasteiger partial charge in [-0.05, 0) is 39.0 Å². The molecular weight excluding hydrogens is 192 g/mol. The topological polar surface area (TPSA) is 38.7 Å². The summed E-state index contributed by atoms with van der Waals surface area (Å²) in [4.78, 5) is 0. The largest absolute Gasteiger partial charge is 0.396 e. The second-order valence-corrected chi connectivity index (χ2v) is 4.73. The zero-order chi connectivity index (χ0) is 11.9. The van der Waals surface area contributed by atoms with Crippen LogP contribution in [0.25, 0.3) is 0 Å². The molecular formula is C12H26O3. The maximum atomic E-state index is 8.81.